The first-order valence-corrected chi connectivity index (χ1v) is 12.4. The van der Waals surface area contributed by atoms with Crippen molar-refractivity contribution >= 4 is 43.8 Å². The van der Waals surface area contributed by atoms with E-state index in [-0.39, 0.29) is 34.8 Å². The number of alkyl halides is 2. The van der Waals surface area contributed by atoms with Crippen LogP contribution in [0.25, 0.3) is 0 Å². The number of anilines is 2. The van der Waals surface area contributed by atoms with E-state index in [9.17, 15) is 21.6 Å². The Hall–Kier alpha value is -1.60. The Morgan fingerprint density at radius 2 is 2.06 bits per heavy atom. The quantitative estimate of drug-likeness (QED) is 0.355. The van der Waals surface area contributed by atoms with E-state index >= 15 is 0 Å². The number of aromatic nitrogens is 1. The minimum absolute atomic E-state index is 0.0762. The third-order valence-corrected chi connectivity index (χ3v) is 7.13. The van der Waals surface area contributed by atoms with Crippen molar-refractivity contribution < 1.29 is 21.6 Å². The SMILES string of the molecule is O=S(=O)(Nc1nccs1)c1cc(Cl)c(NCCCCNCC2CC(F)(F)CN2)cc1F. The van der Waals surface area contributed by atoms with Crippen LogP contribution in [-0.2, 0) is 10.0 Å². The Kier molecular flexibility index (Phi) is 8.03. The van der Waals surface area contributed by atoms with E-state index in [0.717, 1.165) is 36.3 Å². The van der Waals surface area contributed by atoms with Crippen LogP contribution >= 0.6 is 22.9 Å². The summed E-state index contributed by atoms with van der Waals surface area (Å²) in [5.74, 6) is -3.56. The molecule has 31 heavy (non-hydrogen) atoms. The van der Waals surface area contributed by atoms with Crippen LogP contribution in [0.15, 0.2) is 28.6 Å². The fourth-order valence-electron chi connectivity index (χ4n) is 3.13. The summed E-state index contributed by atoms with van der Waals surface area (Å²) in [4.78, 5) is 3.25. The third-order valence-electron chi connectivity index (χ3n) is 4.65. The summed E-state index contributed by atoms with van der Waals surface area (Å²) in [6.45, 7) is 1.35. The van der Waals surface area contributed by atoms with Gasteiger partial charge in [-0.2, -0.15) is 0 Å². The molecule has 0 aliphatic carbocycles. The number of unbranched alkanes of at least 4 members (excludes halogenated alkanes) is 1. The molecular formula is C18H23ClF3N5O2S2. The second kappa shape index (κ2) is 10.3. The summed E-state index contributed by atoms with van der Waals surface area (Å²) >= 11 is 7.21. The van der Waals surface area contributed by atoms with Crippen molar-refractivity contribution in [3.63, 3.8) is 0 Å². The first-order chi connectivity index (χ1) is 14.7. The number of hydrogen-bond donors (Lipinski definition) is 4. The van der Waals surface area contributed by atoms with E-state index in [1.54, 1.807) is 5.38 Å². The van der Waals surface area contributed by atoms with Gasteiger partial charge in [0.2, 0.25) is 0 Å². The first-order valence-electron chi connectivity index (χ1n) is 9.63. The molecule has 13 heteroatoms. The molecule has 2 heterocycles. The molecule has 1 aliphatic heterocycles. The average Bonchev–Trinajstić information content (AvgIpc) is 3.31. The molecule has 1 aromatic heterocycles. The molecule has 3 rings (SSSR count). The topological polar surface area (TPSA) is 95.2 Å². The van der Waals surface area contributed by atoms with Gasteiger partial charge in [-0.25, -0.2) is 26.6 Å². The van der Waals surface area contributed by atoms with Crippen LogP contribution in [0, 0.1) is 5.82 Å². The van der Waals surface area contributed by atoms with Crippen LogP contribution in [0.5, 0.6) is 0 Å². The molecular weight excluding hydrogens is 475 g/mol. The lowest BCUT2D eigenvalue weighted by Gasteiger charge is -2.13. The maximum atomic E-state index is 14.4. The molecule has 1 atom stereocenters. The number of hydrogen-bond acceptors (Lipinski definition) is 7. The number of rotatable bonds is 11. The number of benzene rings is 1. The smallest absolute Gasteiger partial charge is 0.266 e. The van der Waals surface area contributed by atoms with Gasteiger partial charge >= 0.3 is 0 Å². The monoisotopic (exact) mass is 497 g/mol. The Morgan fingerprint density at radius 1 is 1.29 bits per heavy atom. The molecule has 0 amide bonds. The molecule has 1 unspecified atom stereocenters. The number of nitrogens with zero attached hydrogens (tertiary/aromatic N) is 1. The molecule has 0 bridgehead atoms. The Morgan fingerprint density at radius 3 is 2.74 bits per heavy atom. The van der Waals surface area contributed by atoms with Crippen LogP contribution in [0.1, 0.15) is 19.3 Å². The van der Waals surface area contributed by atoms with Crippen molar-refractivity contribution in [2.45, 2.75) is 36.1 Å². The van der Waals surface area contributed by atoms with Gasteiger partial charge < -0.3 is 16.0 Å². The summed E-state index contributed by atoms with van der Waals surface area (Å²) in [7, 11) is -4.15. The number of thiazole rings is 1. The summed E-state index contributed by atoms with van der Waals surface area (Å²) < 4.78 is 67.5. The molecule has 2 aromatic rings. The lowest BCUT2D eigenvalue weighted by atomic mass is 10.2. The molecule has 0 saturated carbocycles. The van der Waals surface area contributed by atoms with Crippen molar-refractivity contribution in [3.8, 4) is 0 Å². The molecule has 1 saturated heterocycles. The molecule has 0 radical (unpaired) electrons. The second-order valence-electron chi connectivity index (χ2n) is 7.18. The molecule has 1 fully saturated rings. The van der Waals surface area contributed by atoms with Gasteiger partial charge in [0, 0.05) is 37.1 Å². The molecule has 172 valence electrons. The zero-order chi connectivity index (χ0) is 22.5. The van der Waals surface area contributed by atoms with Gasteiger partial charge in [0.1, 0.15) is 10.7 Å². The van der Waals surface area contributed by atoms with Gasteiger partial charge in [0.05, 0.1) is 17.3 Å². The van der Waals surface area contributed by atoms with Gasteiger partial charge in [0.25, 0.3) is 15.9 Å². The molecule has 1 aromatic carbocycles. The van der Waals surface area contributed by atoms with Crippen LogP contribution in [0.2, 0.25) is 5.02 Å². The predicted octanol–water partition coefficient (Wildman–Crippen LogP) is 3.52. The van der Waals surface area contributed by atoms with Crippen molar-refractivity contribution in [2.75, 3.05) is 36.2 Å². The summed E-state index contributed by atoms with van der Waals surface area (Å²) in [6, 6.07) is 1.87. The largest absolute Gasteiger partial charge is 0.384 e. The second-order valence-corrected chi connectivity index (χ2v) is 10.1. The normalized spacial score (nSPS) is 18.3. The minimum Gasteiger partial charge on any atom is -0.384 e. The molecule has 1 aliphatic rings. The van der Waals surface area contributed by atoms with Crippen LogP contribution in [0.4, 0.5) is 24.0 Å². The van der Waals surface area contributed by atoms with Crippen molar-refractivity contribution in [2.24, 2.45) is 0 Å². The molecule has 4 N–H and O–H groups in total. The summed E-state index contributed by atoms with van der Waals surface area (Å²) in [5, 5.41) is 10.7. The van der Waals surface area contributed by atoms with Crippen LogP contribution in [-0.4, -0.2) is 51.5 Å². The molecule has 0 spiro atoms. The lowest BCUT2D eigenvalue weighted by Crippen LogP contribution is -2.34. The maximum absolute atomic E-state index is 14.4. The molecule has 7 nitrogen and oxygen atoms in total. The van der Waals surface area contributed by atoms with E-state index < -0.39 is 26.7 Å². The van der Waals surface area contributed by atoms with Crippen LogP contribution < -0.4 is 20.7 Å². The first kappa shape index (κ1) is 24.1. The van der Waals surface area contributed by atoms with E-state index in [0.29, 0.717) is 19.6 Å². The van der Waals surface area contributed by atoms with Crippen molar-refractivity contribution in [1.82, 2.24) is 15.6 Å². The van der Waals surface area contributed by atoms with Crippen molar-refractivity contribution in [1.29, 1.82) is 0 Å². The van der Waals surface area contributed by atoms with Gasteiger partial charge in [-0.05, 0) is 31.5 Å². The zero-order valence-corrected chi connectivity index (χ0v) is 18.8. The van der Waals surface area contributed by atoms with E-state index in [1.165, 1.54) is 6.20 Å². The summed E-state index contributed by atoms with van der Waals surface area (Å²) in [6.07, 6.45) is 2.78. The Balaban J connectivity index is 1.42. The number of sulfonamides is 1. The lowest BCUT2D eigenvalue weighted by molar-refractivity contribution is 0.0211. The fraction of sp³-hybridized carbons (Fsp3) is 0.500. The maximum Gasteiger partial charge on any atom is 0.266 e. The van der Waals surface area contributed by atoms with Gasteiger partial charge in [0.15, 0.2) is 5.13 Å². The Labute approximate surface area is 187 Å². The van der Waals surface area contributed by atoms with E-state index in [2.05, 4.69) is 25.7 Å². The highest BCUT2D eigenvalue weighted by Gasteiger charge is 2.38. The van der Waals surface area contributed by atoms with E-state index in [1.807, 2.05) is 0 Å². The highest BCUT2D eigenvalue weighted by atomic mass is 35.5. The minimum atomic E-state index is -4.15. The average molecular weight is 498 g/mol. The van der Waals surface area contributed by atoms with Crippen LogP contribution in [0.3, 0.4) is 0 Å². The van der Waals surface area contributed by atoms with E-state index in [4.69, 9.17) is 11.6 Å². The summed E-state index contributed by atoms with van der Waals surface area (Å²) in [5.41, 5.74) is 0.290. The Bertz CT molecular complexity index is 977. The predicted molar refractivity (Wildman–Crippen MR) is 116 cm³/mol. The highest BCUT2D eigenvalue weighted by molar-refractivity contribution is 7.93. The van der Waals surface area contributed by atoms with Gasteiger partial charge in [-0.1, -0.05) is 11.6 Å². The zero-order valence-electron chi connectivity index (χ0n) is 16.4. The number of nitrogens with one attached hydrogen (secondary N) is 4. The highest BCUT2D eigenvalue weighted by Crippen LogP contribution is 2.29. The standard InChI is InChI=1S/C18H23ClF3N5O2S2/c19-13-7-16(31(28,29)27-17-25-5-6-30-17)14(20)8-15(13)24-4-2-1-3-23-10-12-9-18(21,22)11-26-12/h5-8,12,23-24,26H,1-4,9-11H2,(H,25,27). The third kappa shape index (κ3) is 6.94. The fourth-order valence-corrected chi connectivity index (χ4v) is 5.30. The van der Waals surface area contributed by atoms with Crippen molar-refractivity contribution in [3.05, 3.63) is 34.5 Å². The number of halogens is 4. The van der Waals surface area contributed by atoms with Gasteiger partial charge in [-0.15, -0.1) is 11.3 Å². The van der Waals surface area contributed by atoms with Gasteiger partial charge in [-0.3, -0.25) is 4.72 Å².